The minimum absolute atomic E-state index is 0.154. The minimum Gasteiger partial charge on any atom is -0.268 e. The molecule has 0 fully saturated rings. The van der Waals surface area contributed by atoms with Crippen LogP contribution in [-0.2, 0) is 6.54 Å². The maximum atomic E-state index is 11.9. The molecule has 0 aliphatic carbocycles. The van der Waals surface area contributed by atoms with Gasteiger partial charge in [0.2, 0.25) is 0 Å². The van der Waals surface area contributed by atoms with E-state index in [4.69, 9.17) is 11.6 Å². The summed E-state index contributed by atoms with van der Waals surface area (Å²) >= 11 is 5.88. The summed E-state index contributed by atoms with van der Waals surface area (Å²) in [4.78, 5) is 16.1. The van der Waals surface area contributed by atoms with Crippen molar-refractivity contribution in [1.29, 1.82) is 0 Å². The molecule has 2 heterocycles. The highest BCUT2D eigenvalue weighted by molar-refractivity contribution is 6.30. The Morgan fingerprint density at radius 2 is 1.81 bits per heavy atom. The van der Waals surface area contributed by atoms with Gasteiger partial charge in [0.05, 0.1) is 17.9 Å². The number of halogens is 1. The first-order valence-corrected chi connectivity index (χ1v) is 6.84. The fourth-order valence-electron chi connectivity index (χ4n) is 1.98. The van der Waals surface area contributed by atoms with Gasteiger partial charge in [-0.2, -0.15) is 5.10 Å². The van der Waals surface area contributed by atoms with Gasteiger partial charge in [-0.05, 0) is 30.3 Å². The van der Waals surface area contributed by atoms with Crippen LogP contribution in [0.5, 0.6) is 0 Å². The Kier molecular flexibility index (Phi) is 3.79. The topological polar surface area (TPSA) is 47.8 Å². The Morgan fingerprint density at radius 3 is 2.52 bits per heavy atom. The van der Waals surface area contributed by atoms with E-state index < -0.39 is 0 Å². The molecule has 0 atom stereocenters. The van der Waals surface area contributed by atoms with Crippen LogP contribution in [0.25, 0.3) is 11.3 Å². The SMILES string of the molecule is O=c1ccc(-c2ccc(Cl)cc2)nn1Cc1ccccn1. The van der Waals surface area contributed by atoms with E-state index in [0.29, 0.717) is 11.6 Å². The van der Waals surface area contributed by atoms with Gasteiger partial charge in [0.15, 0.2) is 0 Å². The number of hydrogen-bond donors (Lipinski definition) is 0. The van der Waals surface area contributed by atoms with Gasteiger partial charge in [-0.15, -0.1) is 0 Å². The Hall–Kier alpha value is -2.46. The standard InChI is InChI=1S/C16H12ClN3O/c17-13-6-4-12(5-7-13)15-8-9-16(21)20(19-15)11-14-3-1-2-10-18-14/h1-10H,11H2. The van der Waals surface area contributed by atoms with Crippen molar-refractivity contribution < 1.29 is 0 Å². The zero-order chi connectivity index (χ0) is 14.7. The molecule has 0 N–H and O–H groups in total. The van der Waals surface area contributed by atoms with Crippen LogP contribution in [0.2, 0.25) is 5.02 Å². The maximum Gasteiger partial charge on any atom is 0.267 e. The number of aromatic nitrogens is 3. The third-order valence-corrected chi connectivity index (χ3v) is 3.30. The molecule has 2 aromatic heterocycles. The molecule has 0 bridgehead atoms. The predicted octanol–water partition coefficient (Wildman–Crippen LogP) is 3.01. The highest BCUT2D eigenvalue weighted by Crippen LogP contribution is 2.18. The third-order valence-electron chi connectivity index (χ3n) is 3.04. The van der Waals surface area contributed by atoms with E-state index in [9.17, 15) is 4.79 Å². The van der Waals surface area contributed by atoms with Gasteiger partial charge in [-0.25, -0.2) is 4.68 Å². The Labute approximate surface area is 126 Å². The summed E-state index contributed by atoms with van der Waals surface area (Å²) in [5.74, 6) is 0. The zero-order valence-corrected chi connectivity index (χ0v) is 11.9. The van der Waals surface area contributed by atoms with Gasteiger partial charge in [-0.1, -0.05) is 29.8 Å². The molecular formula is C16H12ClN3O. The molecule has 0 radical (unpaired) electrons. The molecule has 0 aliphatic rings. The van der Waals surface area contributed by atoms with Crippen molar-refractivity contribution in [1.82, 2.24) is 14.8 Å². The lowest BCUT2D eigenvalue weighted by molar-refractivity contribution is 0.631. The number of hydrogen-bond acceptors (Lipinski definition) is 3. The molecule has 104 valence electrons. The van der Waals surface area contributed by atoms with Crippen LogP contribution in [0.3, 0.4) is 0 Å². The van der Waals surface area contributed by atoms with Crippen molar-refractivity contribution in [2.75, 3.05) is 0 Å². The lowest BCUT2D eigenvalue weighted by atomic mass is 10.1. The lowest BCUT2D eigenvalue weighted by Crippen LogP contribution is -2.23. The minimum atomic E-state index is -0.154. The monoisotopic (exact) mass is 297 g/mol. The van der Waals surface area contributed by atoms with Crippen molar-refractivity contribution in [3.05, 3.63) is 81.9 Å². The molecule has 21 heavy (non-hydrogen) atoms. The van der Waals surface area contributed by atoms with Gasteiger partial charge in [-0.3, -0.25) is 9.78 Å². The second kappa shape index (κ2) is 5.89. The summed E-state index contributed by atoms with van der Waals surface area (Å²) in [6.45, 7) is 0.348. The van der Waals surface area contributed by atoms with Crippen LogP contribution < -0.4 is 5.56 Å². The molecule has 0 aliphatic heterocycles. The van der Waals surface area contributed by atoms with Gasteiger partial charge in [0.1, 0.15) is 0 Å². The predicted molar refractivity (Wildman–Crippen MR) is 82.3 cm³/mol. The van der Waals surface area contributed by atoms with Crippen molar-refractivity contribution in [3.63, 3.8) is 0 Å². The number of rotatable bonds is 3. The van der Waals surface area contributed by atoms with Crippen LogP contribution in [0.1, 0.15) is 5.69 Å². The third kappa shape index (κ3) is 3.17. The fourth-order valence-corrected chi connectivity index (χ4v) is 2.11. The van der Waals surface area contributed by atoms with Crippen LogP contribution >= 0.6 is 11.6 Å². The molecule has 5 heteroatoms. The van der Waals surface area contributed by atoms with E-state index in [0.717, 1.165) is 17.0 Å². The van der Waals surface area contributed by atoms with Crippen molar-refractivity contribution in [2.45, 2.75) is 6.54 Å². The first kappa shape index (κ1) is 13.5. The lowest BCUT2D eigenvalue weighted by Gasteiger charge is -2.07. The van der Waals surface area contributed by atoms with Crippen molar-refractivity contribution in [2.24, 2.45) is 0 Å². The summed E-state index contributed by atoms with van der Waals surface area (Å²) in [6.07, 6.45) is 1.70. The molecular weight excluding hydrogens is 286 g/mol. The van der Waals surface area contributed by atoms with Crippen molar-refractivity contribution >= 4 is 11.6 Å². The number of pyridine rings is 1. The zero-order valence-electron chi connectivity index (χ0n) is 11.1. The highest BCUT2D eigenvalue weighted by atomic mass is 35.5. The Bertz CT molecular complexity index is 798. The molecule has 4 nitrogen and oxygen atoms in total. The maximum absolute atomic E-state index is 11.9. The van der Waals surface area contributed by atoms with Crippen molar-refractivity contribution in [3.8, 4) is 11.3 Å². The van der Waals surface area contributed by atoms with E-state index >= 15 is 0 Å². The molecule has 0 spiro atoms. The second-order valence-electron chi connectivity index (χ2n) is 4.54. The van der Waals surface area contributed by atoms with Crippen LogP contribution in [0, 0.1) is 0 Å². The average molecular weight is 298 g/mol. The summed E-state index contributed by atoms with van der Waals surface area (Å²) in [5, 5.41) is 5.06. The molecule has 1 aromatic carbocycles. The van der Waals surface area contributed by atoms with E-state index in [2.05, 4.69) is 10.1 Å². The molecule has 3 aromatic rings. The van der Waals surface area contributed by atoms with E-state index in [1.165, 1.54) is 10.7 Å². The fraction of sp³-hybridized carbons (Fsp3) is 0.0625. The average Bonchev–Trinajstić information content (AvgIpc) is 2.51. The smallest absolute Gasteiger partial charge is 0.267 e. The first-order valence-electron chi connectivity index (χ1n) is 6.46. The second-order valence-corrected chi connectivity index (χ2v) is 4.98. The highest BCUT2D eigenvalue weighted by Gasteiger charge is 2.04. The van der Waals surface area contributed by atoms with Gasteiger partial charge >= 0.3 is 0 Å². The molecule has 0 saturated heterocycles. The summed E-state index contributed by atoms with van der Waals surface area (Å²) in [6, 6.07) is 16.2. The normalized spacial score (nSPS) is 10.5. The summed E-state index contributed by atoms with van der Waals surface area (Å²) < 4.78 is 1.41. The van der Waals surface area contributed by atoms with Gasteiger partial charge in [0.25, 0.3) is 5.56 Å². The van der Waals surface area contributed by atoms with Gasteiger partial charge in [0, 0.05) is 22.8 Å². The number of nitrogens with zero attached hydrogens (tertiary/aromatic N) is 3. The van der Waals surface area contributed by atoms with E-state index in [1.807, 2.05) is 30.3 Å². The van der Waals surface area contributed by atoms with Gasteiger partial charge < -0.3 is 0 Å². The largest absolute Gasteiger partial charge is 0.268 e. The summed E-state index contributed by atoms with van der Waals surface area (Å²) in [5.41, 5.74) is 2.27. The molecule has 0 amide bonds. The molecule has 0 saturated carbocycles. The first-order chi connectivity index (χ1) is 10.2. The molecule has 3 rings (SSSR count). The van der Waals surface area contributed by atoms with Crippen LogP contribution in [0.15, 0.2) is 65.6 Å². The summed E-state index contributed by atoms with van der Waals surface area (Å²) in [7, 11) is 0. The van der Waals surface area contributed by atoms with E-state index in [-0.39, 0.29) is 5.56 Å². The van der Waals surface area contributed by atoms with E-state index in [1.54, 1.807) is 24.4 Å². The molecule has 0 unspecified atom stereocenters. The number of benzene rings is 1. The Balaban J connectivity index is 1.96. The quantitative estimate of drug-likeness (QED) is 0.746. The van der Waals surface area contributed by atoms with Crippen LogP contribution in [-0.4, -0.2) is 14.8 Å². The Morgan fingerprint density at radius 1 is 1.00 bits per heavy atom. The van der Waals surface area contributed by atoms with Crippen LogP contribution in [0.4, 0.5) is 0 Å².